The van der Waals surface area contributed by atoms with Gasteiger partial charge in [-0.3, -0.25) is 9.78 Å². The maximum atomic E-state index is 11.5. The van der Waals surface area contributed by atoms with E-state index in [1.165, 1.54) is 28.2 Å². The second kappa shape index (κ2) is 13.4. The van der Waals surface area contributed by atoms with Crippen molar-refractivity contribution in [2.45, 2.75) is 101 Å². The zero-order valence-corrected chi connectivity index (χ0v) is 28.4. The van der Waals surface area contributed by atoms with Gasteiger partial charge in [-0.15, -0.1) is 34.9 Å². The normalized spacial score (nSPS) is 13.3. The monoisotopic (exact) mass is 707 g/mol. The number of hydrogen-bond donors (Lipinski definition) is 1. The summed E-state index contributed by atoms with van der Waals surface area (Å²) >= 11 is 0. The minimum atomic E-state index is -0.417. The minimum Gasteiger partial charge on any atom is -0.512 e. The number of ketones is 1. The molecule has 3 aromatic rings. The summed E-state index contributed by atoms with van der Waals surface area (Å²) in [4.78, 5) is 16.5. The van der Waals surface area contributed by atoms with Gasteiger partial charge in [-0.2, -0.15) is 0 Å². The van der Waals surface area contributed by atoms with Gasteiger partial charge in [0.15, 0.2) is 5.78 Å². The third kappa shape index (κ3) is 9.69. The van der Waals surface area contributed by atoms with Crippen LogP contribution in [0, 0.1) is 23.8 Å². The first-order valence-electron chi connectivity index (χ1n) is 13.7. The Balaban J connectivity index is 0.000000466. The number of pyridine rings is 1. The Hall–Kier alpha value is -2.29. The van der Waals surface area contributed by atoms with Gasteiger partial charge in [0.05, 0.1) is 5.52 Å². The van der Waals surface area contributed by atoms with Gasteiger partial charge in [-0.25, -0.2) is 0 Å². The maximum absolute atomic E-state index is 11.5. The van der Waals surface area contributed by atoms with Crippen LogP contribution in [0.5, 0.6) is 0 Å². The summed E-state index contributed by atoms with van der Waals surface area (Å²) in [6.07, 6.45) is 2.44. The van der Waals surface area contributed by atoms with E-state index in [4.69, 9.17) is 4.98 Å². The molecule has 3 nitrogen and oxygen atoms in total. The summed E-state index contributed by atoms with van der Waals surface area (Å²) in [7, 11) is 0. The summed E-state index contributed by atoms with van der Waals surface area (Å²) in [5.41, 5.74) is 6.44. The van der Waals surface area contributed by atoms with Gasteiger partial charge in [0.1, 0.15) is 5.76 Å². The molecule has 1 heterocycles. The molecule has 1 aromatic heterocycles. The fraction of sp³-hybridized carbons (Fsp3) is 0.486. The van der Waals surface area contributed by atoms with E-state index in [-0.39, 0.29) is 42.5 Å². The molecule has 0 aliphatic rings. The van der Waals surface area contributed by atoms with Crippen LogP contribution in [0.4, 0.5) is 0 Å². The summed E-state index contributed by atoms with van der Waals surface area (Å²) in [6.45, 7) is 24.5. The first kappa shape index (κ1) is 34.7. The molecule has 0 aliphatic heterocycles. The molecule has 0 amide bonds. The summed E-state index contributed by atoms with van der Waals surface area (Å²) in [6, 6.07) is 18.8. The molecule has 1 atom stereocenters. The number of carbonyl (C=O) groups excluding carboxylic acids is 1. The predicted molar refractivity (Wildman–Crippen MR) is 163 cm³/mol. The van der Waals surface area contributed by atoms with E-state index in [0.717, 1.165) is 23.2 Å². The van der Waals surface area contributed by atoms with Gasteiger partial charge < -0.3 is 5.11 Å². The first-order valence-corrected chi connectivity index (χ1v) is 13.7. The number of hydrogen-bond acceptors (Lipinski definition) is 3. The van der Waals surface area contributed by atoms with Crippen molar-refractivity contribution in [1.82, 2.24) is 4.98 Å². The second-order valence-electron chi connectivity index (χ2n) is 13.5. The van der Waals surface area contributed by atoms with Gasteiger partial charge in [0.2, 0.25) is 0 Å². The van der Waals surface area contributed by atoms with Crippen LogP contribution in [-0.4, -0.2) is 15.9 Å². The number of fused-ring (bicyclic) bond motifs is 1. The van der Waals surface area contributed by atoms with Crippen LogP contribution in [-0.2, 0) is 30.3 Å². The molecule has 1 N–H and O–H groups in total. The van der Waals surface area contributed by atoms with E-state index in [2.05, 4.69) is 90.1 Å². The average molecular weight is 707 g/mol. The topological polar surface area (TPSA) is 50.2 Å². The van der Waals surface area contributed by atoms with Crippen molar-refractivity contribution >= 4 is 16.7 Å². The molecule has 0 bridgehead atoms. The standard InChI is InChI=1S/C24H28N.C11H20O2.Ir/c1-7-17(3)21-15-18-10-8-9-11-22(18)25-23(21)19-12-16(2)13-20(14-19)24(4,5)6;1-10(2,3)8(12)7-9(13)11(4,5)6;/h8-11,13-15,17H,7H2,1-6H3;7,12H,1-6H3;/q-1;;/b;8-7-;. The van der Waals surface area contributed by atoms with Crippen LogP contribution in [0.15, 0.2) is 54.3 Å². The third-order valence-corrected chi connectivity index (χ3v) is 6.80. The van der Waals surface area contributed by atoms with Crippen molar-refractivity contribution in [2.24, 2.45) is 10.8 Å². The number of benzene rings is 2. The van der Waals surface area contributed by atoms with Crippen LogP contribution >= 0.6 is 0 Å². The third-order valence-electron chi connectivity index (χ3n) is 6.80. The Bertz CT molecular complexity index is 1300. The Morgan fingerprint density at radius 2 is 1.56 bits per heavy atom. The molecular formula is C35H48IrNO2-. The number of aryl methyl sites for hydroxylation is 1. The van der Waals surface area contributed by atoms with E-state index >= 15 is 0 Å². The number of carbonyl (C=O) groups is 1. The largest absolute Gasteiger partial charge is 0.512 e. The molecule has 0 spiro atoms. The molecule has 0 aliphatic carbocycles. The summed E-state index contributed by atoms with van der Waals surface area (Å²) in [5, 5.41) is 10.8. The van der Waals surface area contributed by atoms with Crippen molar-refractivity contribution < 1.29 is 30.0 Å². The van der Waals surface area contributed by atoms with Crippen molar-refractivity contribution in [2.75, 3.05) is 0 Å². The van der Waals surface area contributed by atoms with E-state index < -0.39 is 5.41 Å². The molecule has 1 unspecified atom stereocenters. The van der Waals surface area contributed by atoms with Gasteiger partial charge in [-0.05, 0) is 28.5 Å². The Morgan fingerprint density at radius 1 is 0.974 bits per heavy atom. The number of aliphatic hydroxyl groups is 1. The molecule has 0 saturated carbocycles. The number of para-hydroxylation sites is 1. The second-order valence-corrected chi connectivity index (χ2v) is 13.5. The smallest absolute Gasteiger partial charge is 0.164 e. The van der Waals surface area contributed by atoms with Gasteiger partial charge in [0, 0.05) is 37.0 Å². The number of aromatic nitrogens is 1. The summed E-state index contributed by atoms with van der Waals surface area (Å²) in [5.74, 6) is 0.575. The Morgan fingerprint density at radius 3 is 2.08 bits per heavy atom. The van der Waals surface area contributed by atoms with Crippen LogP contribution in [0.1, 0.15) is 105 Å². The Labute approximate surface area is 250 Å². The molecule has 1 radical (unpaired) electrons. The van der Waals surface area contributed by atoms with Crippen molar-refractivity contribution in [3.8, 4) is 11.3 Å². The van der Waals surface area contributed by atoms with Crippen LogP contribution < -0.4 is 0 Å². The first-order chi connectivity index (χ1) is 17.3. The predicted octanol–water partition coefficient (Wildman–Crippen LogP) is 9.91. The zero-order chi connectivity index (χ0) is 29.1. The zero-order valence-electron chi connectivity index (χ0n) is 26.0. The van der Waals surface area contributed by atoms with Gasteiger partial charge >= 0.3 is 0 Å². The SMILES string of the molecule is CC(C)(C)C(=O)/C=C(\O)C(C)(C)C.CCC(C)c1cc2ccccc2nc1-c1[c-]c(C)cc(C(C)(C)C)c1.[Ir]. The quantitative estimate of drug-likeness (QED) is 0.167. The molecule has 2 aromatic carbocycles. The molecule has 39 heavy (non-hydrogen) atoms. The molecule has 215 valence electrons. The molecule has 4 heteroatoms. The Kier molecular flexibility index (Phi) is 11.9. The van der Waals surface area contributed by atoms with E-state index in [9.17, 15) is 9.90 Å². The number of allylic oxidation sites excluding steroid dienone is 2. The number of aliphatic hydroxyl groups excluding tert-OH is 1. The summed E-state index contributed by atoms with van der Waals surface area (Å²) < 4.78 is 0. The van der Waals surface area contributed by atoms with Gasteiger partial charge in [-0.1, -0.05) is 119 Å². The molecule has 0 saturated heterocycles. The van der Waals surface area contributed by atoms with Crippen LogP contribution in [0.2, 0.25) is 0 Å². The molecular weight excluding hydrogens is 659 g/mol. The average Bonchev–Trinajstić information content (AvgIpc) is 2.81. The number of rotatable bonds is 4. The number of nitrogens with zero attached hydrogens (tertiary/aromatic N) is 1. The van der Waals surface area contributed by atoms with Crippen molar-refractivity contribution in [1.29, 1.82) is 0 Å². The maximum Gasteiger partial charge on any atom is 0.164 e. The molecule has 3 rings (SSSR count). The minimum absolute atomic E-state index is 0. The fourth-order valence-electron chi connectivity index (χ4n) is 3.78. The van der Waals surface area contributed by atoms with E-state index in [1.807, 2.05) is 41.5 Å². The van der Waals surface area contributed by atoms with Gasteiger partial charge in [0.25, 0.3) is 0 Å². The van der Waals surface area contributed by atoms with Crippen molar-refractivity contribution in [3.63, 3.8) is 0 Å². The van der Waals surface area contributed by atoms with Crippen molar-refractivity contribution in [3.05, 3.63) is 77.1 Å². The van der Waals surface area contributed by atoms with Crippen LogP contribution in [0.3, 0.4) is 0 Å². The molecule has 0 fully saturated rings. The fourth-order valence-corrected chi connectivity index (χ4v) is 3.78. The van der Waals surface area contributed by atoms with E-state index in [0.29, 0.717) is 5.92 Å². The van der Waals surface area contributed by atoms with E-state index in [1.54, 1.807) is 0 Å². The van der Waals surface area contributed by atoms with Crippen LogP contribution in [0.25, 0.3) is 22.2 Å².